The van der Waals surface area contributed by atoms with Crippen LogP contribution in [0.1, 0.15) is 32.3 Å². The van der Waals surface area contributed by atoms with Crippen LogP contribution in [0.2, 0.25) is 0 Å². The average molecular weight is 419 g/mol. The molecule has 0 aliphatic carbocycles. The number of carbonyl (C=O) groups is 3. The summed E-state index contributed by atoms with van der Waals surface area (Å²) in [6, 6.07) is 9.59. The lowest BCUT2D eigenvalue weighted by Crippen LogP contribution is -2.51. The zero-order chi connectivity index (χ0) is 21.8. The summed E-state index contributed by atoms with van der Waals surface area (Å²) in [4.78, 5) is 41.8. The number of benzene rings is 1. The van der Waals surface area contributed by atoms with Crippen molar-refractivity contribution in [1.29, 1.82) is 0 Å². The molecule has 3 amide bonds. The fourth-order valence-electron chi connectivity index (χ4n) is 3.36. The summed E-state index contributed by atoms with van der Waals surface area (Å²) < 4.78 is 5.36. The van der Waals surface area contributed by atoms with Crippen molar-refractivity contribution in [1.82, 2.24) is 20.0 Å². The first-order chi connectivity index (χ1) is 14.5. The minimum absolute atomic E-state index is 0.0506. The van der Waals surface area contributed by atoms with Crippen molar-refractivity contribution in [3.63, 3.8) is 0 Å². The van der Waals surface area contributed by atoms with Crippen LogP contribution in [0, 0.1) is 0 Å². The molecule has 0 spiro atoms. The fourth-order valence-corrected chi connectivity index (χ4v) is 3.36. The molecule has 1 heterocycles. The number of piperazine rings is 1. The quantitative estimate of drug-likeness (QED) is 0.585. The highest BCUT2D eigenvalue weighted by Crippen LogP contribution is 2.07. The molecule has 2 rings (SSSR count). The van der Waals surface area contributed by atoms with E-state index >= 15 is 0 Å². The lowest BCUT2D eigenvalue weighted by atomic mass is 10.2. The lowest BCUT2D eigenvalue weighted by molar-refractivity contribution is -0.131. The van der Waals surface area contributed by atoms with E-state index in [1.54, 1.807) is 9.80 Å². The Balaban J connectivity index is 1.58. The van der Waals surface area contributed by atoms with E-state index < -0.39 is 0 Å². The van der Waals surface area contributed by atoms with Gasteiger partial charge in [0.25, 0.3) is 0 Å². The largest absolute Gasteiger partial charge is 0.445 e. The molecule has 0 aromatic heterocycles. The second kappa shape index (κ2) is 12.8. The molecule has 1 fully saturated rings. The van der Waals surface area contributed by atoms with Gasteiger partial charge in [-0.2, -0.15) is 0 Å². The van der Waals surface area contributed by atoms with Crippen LogP contribution in [-0.2, 0) is 20.9 Å². The smallest absolute Gasteiger partial charge is 0.410 e. The molecule has 0 saturated carbocycles. The van der Waals surface area contributed by atoms with Gasteiger partial charge in [-0.3, -0.25) is 14.5 Å². The normalized spacial score (nSPS) is 14.3. The Morgan fingerprint density at radius 2 is 1.70 bits per heavy atom. The van der Waals surface area contributed by atoms with E-state index in [-0.39, 0.29) is 24.5 Å². The van der Waals surface area contributed by atoms with Crippen LogP contribution < -0.4 is 5.32 Å². The van der Waals surface area contributed by atoms with Crippen LogP contribution in [0.4, 0.5) is 4.79 Å². The van der Waals surface area contributed by atoms with Gasteiger partial charge in [0.05, 0.1) is 6.54 Å². The fraction of sp³-hybridized carbons (Fsp3) is 0.591. The minimum atomic E-state index is -0.319. The van der Waals surface area contributed by atoms with Gasteiger partial charge in [0.15, 0.2) is 0 Å². The van der Waals surface area contributed by atoms with Crippen LogP contribution in [0.15, 0.2) is 30.3 Å². The zero-order valence-corrected chi connectivity index (χ0v) is 18.1. The van der Waals surface area contributed by atoms with Gasteiger partial charge in [-0.15, -0.1) is 0 Å². The van der Waals surface area contributed by atoms with E-state index in [1.165, 1.54) is 0 Å². The van der Waals surface area contributed by atoms with E-state index in [9.17, 15) is 14.4 Å². The molecule has 8 nitrogen and oxygen atoms in total. The SMILES string of the molecule is CCN(CC)C(=O)CCCNC(=O)CN1CCN(C(=O)OCc2ccccc2)CC1. The number of hydrogen-bond acceptors (Lipinski definition) is 5. The van der Waals surface area contributed by atoms with Crippen molar-refractivity contribution in [3.8, 4) is 0 Å². The number of nitrogens with zero attached hydrogens (tertiary/aromatic N) is 3. The first kappa shape index (κ1) is 23.7. The molecule has 30 heavy (non-hydrogen) atoms. The third-order valence-corrected chi connectivity index (χ3v) is 5.21. The first-order valence-electron chi connectivity index (χ1n) is 10.8. The van der Waals surface area contributed by atoms with E-state index in [0.29, 0.717) is 65.2 Å². The number of hydrogen-bond donors (Lipinski definition) is 1. The third kappa shape index (κ3) is 8.02. The van der Waals surface area contributed by atoms with Crippen LogP contribution >= 0.6 is 0 Å². The van der Waals surface area contributed by atoms with Gasteiger partial charge in [-0.1, -0.05) is 30.3 Å². The van der Waals surface area contributed by atoms with Crippen LogP contribution in [0.3, 0.4) is 0 Å². The van der Waals surface area contributed by atoms with Crippen molar-refractivity contribution in [2.45, 2.75) is 33.3 Å². The maximum Gasteiger partial charge on any atom is 0.410 e. The molecule has 166 valence electrons. The summed E-state index contributed by atoms with van der Waals surface area (Å²) >= 11 is 0. The van der Waals surface area contributed by atoms with Crippen molar-refractivity contribution in [2.24, 2.45) is 0 Å². The minimum Gasteiger partial charge on any atom is -0.445 e. The van der Waals surface area contributed by atoms with E-state index in [2.05, 4.69) is 5.32 Å². The molecule has 1 aliphatic heterocycles. The van der Waals surface area contributed by atoms with Gasteiger partial charge in [-0.25, -0.2) is 4.79 Å². The molecule has 1 aromatic carbocycles. The van der Waals surface area contributed by atoms with Crippen LogP contribution in [0.5, 0.6) is 0 Å². The summed E-state index contributed by atoms with van der Waals surface area (Å²) in [7, 11) is 0. The van der Waals surface area contributed by atoms with Gasteiger partial charge >= 0.3 is 6.09 Å². The monoisotopic (exact) mass is 418 g/mol. The second-order valence-electron chi connectivity index (χ2n) is 7.32. The first-order valence-corrected chi connectivity index (χ1v) is 10.8. The Labute approximate surface area is 179 Å². The Morgan fingerprint density at radius 3 is 2.33 bits per heavy atom. The predicted octanol–water partition coefficient (Wildman–Crippen LogP) is 1.71. The van der Waals surface area contributed by atoms with Gasteiger partial charge in [-0.05, 0) is 25.8 Å². The Kier molecular flexibility index (Phi) is 10.1. The van der Waals surface area contributed by atoms with Crippen LogP contribution in [0.25, 0.3) is 0 Å². The van der Waals surface area contributed by atoms with Crippen molar-refractivity contribution < 1.29 is 19.1 Å². The Bertz CT molecular complexity index is 671. The second-order valence-corrected chi connectivity index (χ2v) is 7.32. The third-order valence-electron chi connectivity index (χ3n) is 5.21. The summed E-state index contributed by atoms with van der Waals surface area (Å²) in [5.41, 5.74) is 0.958. The molecule has 1 aliphatic rings. The maximum absolute atomic E-state index is 12.2. The summed E-state index contributed by atoms with van der Waals surface area (Å²) in [5, 5.41) is 2.88. The summed E-state index contributed by atoms with van der Waals surface area (Å²) in [6.07, 6.45) is 0.772. The molecule has 1 aromatic rings. The highest BCUT2D eigenvalue weighted by Gasteiger charge is 2.23. The van der Waals surface area contributed by atoms with Crippen LogP contribution in [-0.4, -0.2) is 85.0 Å². The van der Waals surface area contributed by atoms with Gasteiger partial charge in [0.2, 0.25) is 11.8 Å². The highest BCUT2D eigenvalue weighted by molar-refractivity contribution is 5.78. The molecule has 0 unspecified atom stereocenters. The van der Waals surface area contributed by atoms with E-state index in [0.717, 1.165) is 5.56 Å². The molecule has 1 saturated heterocycles. The topological polar surface area (TPSA) is 82.2 Å². The van der Waals surface area contributed by atoms with Crippen molar-refractivity contribution >= 4 is 17.9 Å². The molecular formula is C22H34N4O4. The maximum atomic E-state index is 12.2. The zero-order valence-electron chi connectivity index (χ0n) is 18.1. The standard InChI is InChI=1S/C22H34N4O4/c1-3-25(4-2)21(28)11-8-12-23-20(27)17-24-13-15-26(16-14-24)22(29)30-18-19-9-6-5-7-10-19/h5-7,9-10H,3-4,8,11-18H2,1-2H3,(H,23,27). The summed E-state index contributed by atoms with van der Waals surface area (Å²) in [5.74, 6) is 0.0786. The molecule has 8 heteroatoms. The molecule has 0 atom stereocenters. The molecular weight excluding hydrogens is 384 g/mol. The van der Waals surface area contributed by atoms with Crippen molar-refractivity contribution in [3.05, 3.63) is 35.9 Å². The van der Waals surface area contributed by atoms with Gasteiger partial charge in [0.1, 0.15) is 6.61 Å². The number of rotatable bonds is 10. The number of ether oxygens (including phenoxy) is 1. The Hall–Kier alpha value is -2.61. The molecule has 0 radical (unpaired) electrons. The molecule has 1 N–H and O–H groups in total. The number of amides is 3. The molecule has 0 bridgehead atoms. The lowest BCUT2D eigenvalue weighted by Gasteiger charge is -2.33. The van der Waals surface area contributed by atoms with E-state index in [1.807, 2.05) is 49.1 Å². The number of nitrogens with one attached hydrogen (secondary N) is 1. The Morgan fingerprint density at radius 1 is 1.03 bits per heavy atom. The number of carbonyl (C=O) groups excluding carboxylic acids is 3. The van der Waals surface area contributed by atoms with E-state index in [4.69, 9.17) is 4.74 Å². The van der Waals surface area contributed by atoms with Gasteiger partial charge in [0, 0.05) is 52.2 Å². The predicted molar refractivity (Wildman–Crippen MR) is 115 cm³/mol. The average Bonchev–Trinajstić information content (AvgIpc) is 2.77. The highest BCUT2D eigenvalue weighted by atomic mass is 16.6. The summed E-state index contributed by atoms with van der Waals surface area (Å²) in [6.45, 7) is 8.77. The van der Waals surface area contributed by atoms with Gasteiger partial charge < -0.3 is 19.9 Å². The van der Waals surface area contributed by atoms with Crippen molar-refractivity contribution in [2.75, 3.05) is 52.4 Å².